The molecule has 1 rings (SSSR count). The van der Waals surface area contributed by atoms with Gasteiger partial charge in [-0.1, -0.05) is 13.3 Å². The maximum atomic E-state index is 11.9. The molecule has 0 radical (unpaired) electrons. The van der Waals surface area contributed by atoms with Crippen LogP contribution >= 0.6 is 11.8 Å². The zero-order valence-corrected chi connectivity index (χ0v) is 12.5. The summed E-state index contributed by atoms with van der Waals surface area (Å²) in [6.45, 7) is 2.13. The van der Waals surface area contributed by atoms with Crippen molar-refractivity contribution in [3.05, 3.63) is 0 Å². The van der Waals surface area contributed by atoms with Crippen molar-refractivity contribution >= 4 is 23.8 Å². The second-order valence-electron chi connectivity index (χ2n) is 4.87. The molecule has 0 saturated carbocycles. The molecule has 2 amide bonds. The van der Waals surface area contributed by atoms with Gasteiger partial charge in [-0.3, -0.25) is 0 Å². The molecule has 0 bridgehead atoms. The fourth-order valence-electron chi connectivity index (χ4n) is 2.31. The molecule has 122 valence electrons. The number of carboxylic acids is 1. The minimum atomic E-state index is -4.33. The molecule has 1 fully saturated rings. The molecular formula is C12H19F3N2O3S. The predicted molar refractivity (Wildman–Crippen MR) is 73.1 cm³/mol. The molecule has 0 aromatic heterocycles. The van der Waals surface area contributed by atoms with Crippen LogP contribution in [-0.2, 0) is 4.79 Å². The maximum Gasteiger partial charge on any atom is 0.441 e. The van der Waals surface area contributed by atoms with Crippen molar-refractivity contribution < 1.29 is 27.9 Å². The molecule has 1 aliphatic heterocycles. The van der Waals surface area contributed by atoms with Crippen LogP contribution in [0.25, 0.3) is 0 Å². The van der Waals surface area contributed by atoms with Crippen LogP contribution < -0.4 is 5.32 Å². The van der Waals surface area contributed by atoms with Crippen LogP contribution in [-0.4, -0.2) is 52.4 Å². The highest BCUT2D eigenvalue weighted by atomic mass is 32.2. The lowest BCUT2D eigenvalue weighted by atomic mass is 9.89. The van der Waals surface area contributed by atoms with Crippen LogP contribution in [0.5, 0.6) is 0 Å². The maximum absolute atomic E-state index is 11.9. The summed E-state index contributed by atoms with van der Waals surface area (Å²) in [4.78, 5) is 24.3. The molecule has 2 unspecified atom stereocenters. The number of nitrogens with zero attached hydrogens (tertiary/aromatic N) is 1. The van der Waals surface area contributed by atoms with E-state index in [0.717, 1.165) is 6.42 Å². The van der Waals surface area contributed by atoms with E-state index in [1.165, 1.54) is 4.90 Å². The van der Waals surface area contributed by atoms with Gasteiger partial charge in [0.2, 0.25) is 0 Å². The van der Waals surface area contributed by atoms with E-state index in [1.54, 1.807) is 0 Å². The first-order chi connectivity index (χ1) is 9.74. The average molecular weight is 328 g/mol. The molecule has 0 spiro atoms. The van der Waals surface area contributed by atoms with Crippen LogP contribution in [0.2, 0.25) is 0 Å². The molecular weight excluding hydrogens is 309 g/mol. The second kappa shape index (κ2) is 7.77. The predicted octanol–water partition coefficient (Wildman–Crippen LogP) is 2.52. The number of carbonyl (C=O) groups is 2. The van der Waals surface area contributed by atoms with Gasteiger partial charge in [-0.15, -0.1) is 0 Å². The molecule has 0 aromatic rings. The number of carbonyl (C=O) groups excluding carboxylic acids is 1. The Balaban J connectivity index is 2.46. The number of hydrogen-bond acceptors (Lipinski definition) is 3. The number of alkyl halides is 3. The zero-order valence-electron chi connectivity index (χ0n) is 11.7. The number of halogens is 3. The molecule has 1 heterocycles. The van der Waals surface area contributed by atoms with E-state index in [0.29, 0.717) is 19.4 Å². The largest absolute Gasteiger partial charge is 0.480 e. The summed E-state index contributed by atoms with van der Waals surface area (Å²) in [5, 5.41) is 11.5. The van der Waals surface area contributed by atoms with Crippen LogP contribution in [0.3, 0.4) is 0 Å². The Bertz CT molecular complexity index is 379. The molecule has 0 aliphatic carbocycles. The van der Waals surface area contributed by atoms with Crippen molar-refractivity contribution in [1.82, 2.24) is 10.2 Å². The quantitative estimate of drug-likeness (QED) is 0.761. The van der Waals surface area contributed by atoms with Gasteiger partial charge in [0, 0.05) is 18.8 Å². The summed E-state index contributed by atoms with van der Waals surface area (Å²) in [7, 11) is 0. The average Bonchev–Trinajstić information content (AvgIpc) is 2.41. The first-order valence-electron chi connectivity index (χ1n) is 6.72. The third-order valence-corrected chi connectivity index (χ3v) is 4.21. The topological polar surface area (TPSA) is 69.6 Å². The number of hydrogen-bond donors (Lipinski definition) is 2. The van der Waals surface area contributed by atoms with Gasteiger partial charge in [-0.2, -0.15) is 13.2 Å². The first-order valence-corrected chi connectivity index (χ1v) is 7.71. The van der Waals surface area contributed by atoms with E-state index in [-0.39, 0.29) is 30.0 Å². The van der Waals surface area contributed by atoms with Gasteiger partial charge in [0.05, 0.1) is 0 Å². The number of urea groups is 1. The molecule has 5 nitrogen and oxygen atoms in total. The Labute approximate surface area is 125 Å². The van der Waals surface area contributed by atoms with Crippen LogP contribution in [0.4, 0.5) is 18.0 Å². The molecule has 1 saturated heterocycles. The number of rotatable bonds is 5. The Hall–Kier alpha value is -1.12. The summed E-state index contributed by atoms with van der Waals surface area (Å²) in [5.74, 6) is -1.11. The molecule has 9 heteroatoms. The van der Waals surface area contributed by atoms with Gasteiger partial charge in [-0.25, -0.2) is 9.59 Å². The summed E-state index contributed by atoms with van der Waals surface area (Å²) in [6.07, 6.45) is 1.95. The van der Waals surface area contributed by atoms with Crippen molar-refractivity contribution in [3.63, 3.8) is 0 Å². The van der Waals surface area contributed by atoms with Gasteiger partial charge in [-0.05, 0) is 30.5 Å². The van der Waals surface area contributed by atoms with E-state index < -0.39 is 23.6 Å². The van der Waals surface area contributed by atoms with Crippen molar-refractivity contribution in [2.75, 3.05) is 18.8 Å². The van der Waals surface area contributed by atoms with E-state index in [2.05, 4.69) is 5.32 Å². The zero-order chi connectivity index (χ0) is 16.0. The Kier molecular flexibility index (Phi) is 6.63. The summed E-state index contributed by atoms with van der Waals surface area (Å²) >= 11 is -0.216. The third-order valence-electron chi connectivity index (χ3n) is 3.48. The summed E-state index contributed by atoms with van der Waals surface area (Å²) in [6, 6.07) is -1.52. The van der Waals surface area contributed by atoms with Gasteiger partial charge in [0.15, 0.2) is 0 Å². The number of piperidine rings is 1. The Morgan fingerprint density at radius 2 is 2.10 bits per heavy atom. The van der Waals surface area contributed by atoms with Gasteiger partial charge >= 0.3 is 17.5 Å². The highest BCUT2D eigenvalue weighted by Gasteiger charge is 2.35. The minimum Gasteiger partial charge on any atom is -0.480 e. The fraction of sp³-hybridized carbons (Fsp3) is 0.833. The number of nitrogens with one attached hydrogen (secondary N) is 1. The van der Waals surface area contributed by atoms with Gasteiger partial charge in [0.1, 0.15) is 6.04 Å². The summed E-state index contributed by atoms with van der Waals surface area (Å²) in [5.41, 5.74) is -4.33. The van der Waals surface area contributed by atoms with E-state index in [1.807, 2.05) is 6.92 Å². The van der Waals surface area contributed by atoms with Crippen molar-refractivity contribution in [1.29, 1.82) is 0 Å². The Morgan fingerprint density at radius 3 is 2.62 bits per heavy atom. The first kappa shape index (κ1) is 17.9. The molecule has 2 atom stereocenters. The monoisotopic (exact) mass is 328 g/mol. The van der Waals surface area contributed by atoms with Crippen LogP contribution in [0, 0.1) is 5.92 Å². The molecule has 1 aliphatic rings. The SMILES string of the molecule is CCC1CCN(C(=O)NCCSC(F)(F)F)C(C(=O)O)C1. The lowest BCUT2D eigenvalue weighted by Crippen LogP contribution is -2.53. The lowest BCUT2D eigenvalue weighted by molar-refractivity contribution is -0.144. The van der Waals surface area contributed by atoms with Crippen molar-refractivity contribution in [2.24, 2.45) is 5.92 Å². The number of likely N-dealkylation sites (tertiary alicyclic amines) is 1. The molecule has 2 N–H and O–H groups in total. The highest BCUT2D eigenvalue weighted by Crippen LogP contribution is 2.29. The van der Waals surface area contributed by atoms with Crippen LogP contribution in [0.1, 0.15) is 26.2 Å². The van der Waals surface area contributed by atoms with Gasteiger partial charge in [0.25, 0.3) is 0 Å². The third kappa shape index (κ3) is 6.03. The number of carboxylic acid groups (broad SMARTS) is 1. The second-order valence-corrected chi connectivity index (χ2v) is 6.03. The highest BCUT2D eigenvalue weighted by molar-refractivity contribution is 8.00. The lowest BCUT2D eigenvalue weighted by Gasteiger charge is -2.36. The van der Waals surface area contributed by atoms with E-state index >= 15 is 0 Å². The standard InChI is InChI=1S/C12H19F3N2O3S/c1-2-8-3-5-17(9(7-8)10(18)19)11(20)16-4-6-21-12(13,14)15/h8-9H,2-7H2,1H3,(H,16,20)(H,18,19). The number of amides is 2. The van der Waals surface area contributed by atoms with Crippen molar-refractivity contribution in [3.8, 4) is 0 Å². The Morgan fingerprint density at radius 1 is 1.43 bits per heavy atom. The number of aliphatic carboxylic acids is 1. The number of thioether (sulfide) groups is 1. The van der Waals surface area contributed by atoms with Crippen LogP contribution in [0.15, 0.2) is 0 Å². The molecule has 21 heavy (non-hydrogen) atoms. The van der Waals surface area contributed by atoms with E-state index in [4.69, 9.17) is 0 Å². The smallest absolute Gasteiger partial charge is 0.441 e. The fourth-order valence-corrected chi connectivity index (χ4v) is 2.75. The van der Waals surface area contributed by atoms with Crippen molar-refractivity contribution in [2.45, 2.75) is 37.7 Å². The van der Waals surface area contributed by atoms with E-state index in [9.17, 15) is 27.9 Å². The summed E-state index contributed by atoms with van der Waals surface area (Å²) < 4.78 is 35.8. The molecule has 0 aromatic carbocycles. The minimum absolute atomic E-state index is 0.150. The normalized spacial score (nSPS) is 23.0. The van der Waals surface area contributed by atoms with Gasteiger partial charge < -0.3 is 15.3 Å².